The lowest BCUT2D eigenvalue weighted by molar-refractivity contribution is 0.337. The van der Waals surface area contributed by atoms with E-state index in [9.17, 15) is 8.78 Å². The van der Waals surface area contributed by atoms with Gasteiger partial charge in [-0.1, -0.05) is 0 Å². The van der Waals surface area contributed by atoms with E-state index in [4.69, 9.17) is 10.5 Å². The Labute approximate surface area is 120 Å². The molecule has 2 aromatic carbocycles. The molecular weight excluding hydrogens is 280 g/mol. The summed E-state index contributed by atoms with van der Waals surface area (Å²) in [5.74, 6) is -0.344. The summed E-state index contributed by atoms with van der Waals surface area (Å²) >= 11 is 1.40. The van der Waals surface area contributed by atoms with Gasteiger partial charge in [-0.3, -0.25) is 0 Å². The first kappa shape index (κ1) is 14.7. The fourth-order valence-corrected chi connectivity index (χ4v) is 2.64. The van der Waals surface area contributed by atoms with E-state index in [2.05, 4.69) is 0 Å². The molecule has 0 heterocycles. The Hall–Kier alpha value is -1.75. The third kappa shape index (κ3) is 3.63. The third-order valence-corrected chi connectivity index (χ3v) is 3.71. The number of nitrogen functional groups attached to an aromatic ring is 1. The van der Waals surface area contributed by atoms with E-state index in [1.165, 1.54) is 17.8 Å². The standard InChI is InChI=1S/C15H15F2NOS/c1-2-19-15-6-3-11(18)7-10(15)9-20-12-4-5-13(16)14(17)8-12/h3-8H,2,9,18H2,1H3. The highest BCUT2D eigenvalue weighted by Crippen LogP contribution is 2.30. The smallest absolute Gasteiger partial charge is 0.159 e. The lowest BCUT2D eigenvalue weighted by Crippen LogP contribution is -1.97. The Morgan fingerprint density at radius 3 is 2.60 bits per heavy atom. The summed E-state index contributed by atoms with van der Waals surface area (Å²) in [5, 5.41) is 0. The Morgan fingerprint density at radius 1 is 1.10 bits per heavy atom. The van der Waals surface area contributed by atoms with Gasteiger partial charge in [0.1, 0.15) is 5.75 Å². The molecule has 20 heavy (non-hydrogen) atoms. The zero-order chi connectivity index (χ0) is 14.5. The van der Waals surface area contributed by atoms with Crippen molar-refractivity contribution in [3.05, 3.63) is 53.6 Å². The molecule has 0 amide bonds. The van der Waals surface area contributed by atoms with Crippen molar-refractivity contribution in [2.75, 3.05) is 12.3 Å². The quantitative estimate of drug-likeness (QED) is 0.662. The predicted molar refractivity (Wildman–Crippen MR) is 77.9 cm³/mol. The minimum absolute atomic E-state index is 0.562. The number of ether oxygens (including phenoxy) is 1. The third-order valence-electron chi connectivity index (χ3n) is 2.67. The molecule has 0 radical (unpaired) electrons. The number of benzene rings is 2. The molecule has 0 unspecified atom stereocenters. The number of hydrogen-bond donors (Lipinski definition) is 1. The number of nitrogens with two attached hydrogens (primary N) is 1. The summed E-state index contributed by atoms with van der Waals surface area (Å²) in [6, 6.07) is 9.29. The summed E-state index contributed by atoms with van der Waals surface area (Å²) in [4.78, 5) is 0.661. The normalized spacial score (nSPS) is 10.6. The summed E-state index contributed by atoms with van der Waals surface area (Å²) < 4.78 is 31.5. The second-order valence-electron chi connectivity index (χ2n) is 4.16. The second-order valence-corrected chi connectivity index (χ2v) is 5.21. The van der Waals surface area contributed by atoms with Crippen LogP contribution in [-0.2, 0) is 5.75 Å². The van der Waals surface area contributed by atoms with Gasteiger partial charge in [-0.05, 0) is 43.3 Å². The Bertz CT molecular complexity index is 604. The van der Waals surface area contributed by atoms with E-state index in [0.29, 0.717) is 22.9 Å². The summed E-state index contributed by atoms with van der Waals surface area (Å²) in [6.07, 6.45) is 0. The van der Waals surface area contributed by atoms with Crippen LogP contribution in [0.4, 0.5) is 14.5 Å². The van der Waals surface area contributed by atoms with Crippen molar-refractivity contribution in [3.8, 4) is 5.75 Å². The minimum Gasteiger partial charge on any atom is -0.494 e. The van der Waals surface area contributed by atoms with Gasteiger partial charge in [0, 0.05) is 21.9 Å². The van der Waals surface area contributed by atoms with Crippen LogP contribution in [0.15, 0.2) is 41.3 Å². The molecule has 0 bridgehead atoms. The largest absolute Gasteiger partial charge is 0.494 e. The van der Waals surface area contributed by atoms with Gasteiger partial charge in [-0.25, -0.2) is 8.78 Å². The van der Waals surface area contributed by atoms with E-state index in [1.807, 2.05) is 19.1 Å². The van der Waals surface area contributed by atoms with E-state index in [0.717, 1.165) is 17.4 Å². The van der Waals surface area contributed by atoms with Crippen LogP contribution in [-0.4, -0.2) is 6.61 Å². The molecule has 5 heteroatoms. The molecule has 0 spiro atoms. The maximum atomic E-state index is 13.1. The van der Waals surface area contributed by atoms with Gasteiger partial charge in [0.25, 0.3) is 0 Å². The van der Waals surface area contributed by atoms with Gasteiger partial charge < -0.3 is 10.5 Å². The average Bonchev–Trinajstić information content (AvgIpc) is 2.43. The van der Waals surface area contributed by atoms with Crippen LogP contribution in [0.25, 0.3) is 0 Å². The maximum absolute atomic E-state index is 13.1. The first-order chi connectivity index (χ1) is 9.60. The molecule has 0 aromatic heterocycles. The average molecular weight is 295 g/mol. The molecule has 0 atom stereocenters. The Balaban J connectivity index is 2.13. The summed E-state index contributed by atoms with van der Waals surface area (Å²) in [7, 11) is 0. The van der Waals surface area contributed by atoms with Gasteiger partial charge >= 0.3 is 0 Å². The predicted octanol–water partition coefficient (Wildman–Crippen LogP) is 4.24. The highest BCUT2D eigenvalue weighted by Gasteiger charge is 2.07. The number of anilines is 1. The molecule has 106 valence electrons. The van der Waals surface area contributed by atoms with Crippen LogP contribution >= 0.6 is 11.8 Å². The van der Waals surface area contributed by atoms with Crippen molar-refractivity contribution < 1.29 is 13.5 Å². The van der Waals surface area contributed by atoms with Crippen LogP contribution in [0, 0.1) is 11.6 Å². The lowest BCUT2D eigenvalue weighted by Gasteiger charge is -2.11. The fraction of sp³-hybridized carbons (Fsp3) is 0.200. The lowest BCUT2D eigenvalue weighted by atomic mass is 10.2. The summed E-state index contributed by atoms with van der Waals surface area (Å²) in [5.41, 5.74) is 7.34. The molecule has 0 saturated carbocycles. The molecule has 0 saturated heterocycles. The van der Waals surface area contributed by atoms with Crippen molar-refractivity contribution in [2.24, 2.45) is 0 Å². The molecule has 2 nitrogen and oxygen atoms in total. The number of halogens is 2. The number of hydrogen-bond acceptors (Lipinski definition) is 3. The van der Waals surface area contributed by atoms with E-state index in [-0.39, 0.29) is 0 Å². The molecular formula is C15H15F2NOS. The molecule has 0 fully saturated rings. The van der Waals surface area contributed by atoms with E-state index < -0.39 is 11.6 Å². The Morgan fingerprint density at radius 2 is 1.90 bits per heavy atom. The number of thioether (sulfide) groups is 1. The topological polar surface area (TPSA) is 35.2 Å². The SMILES string of the molecule is CCOc1ccc(N)cc1CSc1ccc(F)c(F)c1. The Kier molecular flexibility index (Phi) is 4.84. The zero-order valence-corrected chi connectivity index (χ0v) is 11.8. The molecule has 2 rings (SSSR count). The first-order valence-corrected chi connectivity index (χ1v) is 7.17. The van der Waals surface area contributed by atoms with Crippen molar-refractivity contribution in [3.63, 3.8) is 0 Å². The molecule has 0 aliphatic carbocycles. The zero-order valence-electron chi connectivity index (χ0n) is 11.0. The molecule has 2 aromatic rings. The fourth-order valence-electron chi connectivity index (χ4n) is 1.74. The van der Waals surface area contributed by atoms with Crippen LogP contribution in [0.1, 0.15) is 12.5 Å². The van der Waals surface area contributed by atoms with Crippen molar-refractivity contribution in [2.45, 2.75) is 17.6 Å². The van der Waals surface area contributed by atoms with Crippen LogP contribution in [0.5, 0.6) is 5.75 Å². The second kappa shape index (κ2) is 6.61. The van der Waals surface area contributed by atoms with Crippen LogP contribution in [0.2, 0.25) is 0 Å². The first-order valence-electron chi connectivity index (χ1n) is 6.19. The maximum Gasteiger partial charge on any atom is 0.159 e. The van der Waals surface area contributed by atoms with Crippen LogP contribution in [0.3, 0.4) is 0 Å². The molecule has 2 N–H and O–H groups in total. The van der Waals surface area contributed by atoms with Crippen molar-refractivity contribution >= 4 is 17.4 Å². The van der Waals surface area contributed by atoms with Crippen LogP contribution < -0.4 is 10.5 Å². The molecule has 0 aliphatic heterocycles. The van der Waals surface area contributed by atoms with E-state index in [1.54, 1.807) is 12.1 Å². The monoisotopic (exact) mass is 295 g/mol. The number of rotatable bonds is 5. The van der Waals surface area contributed by atoms with Crippen molar-refractivity contribution in [1.29, 1.82) is 0 Å². The highest BCUT2D eigenvalue weighted by atomic mass is 32.2. The highest BCUT2D eigenvalue weighted by molar-refractivity contribution is 7.98. The minimum atomic E-state index is -0.840. The van der Waals surface area contributed by atoms with Gasteiger partial charge in [-0.2, -0.15) is 0 Å². The van der Waals surface area contributed by atoms with Gasteiger partial charge in [-0.15, -0.1) is 11.8 Å². The molecule has 0 aliphatic rings. The summed E-state index contributed by atoms with van der Waals surface area (Å²) in [6.45, 7) is 2.47. The van der Waals surface area contributed by atoms with E-state index >= 15 is 0 Å². The van der Waals surface area contributed by atoms with Gasteiger partial charge in [0.2, 0.25) is 0 Å². The van der Waals surface area contributed by atoms with Crippen molar-refractivity contribution in [1.82, 2.24) is 0 Å². The van der Waals surface area contributed by atoms with Gasteiger partial charge in [0.05, 0.1) is 6.61 Å². The van der Waals surface area contributed by atoms with Gasteiger partial charge in [0.15, 0.2) is 11.6 Å².